The van der Waals surface area contributed by atoms with Crippen molar-refractivity contribution in [3.8, 4) is 11.4 Å². The molecule has 2 saturated heterocycles. The predicted octanol–water partition coefficient (Wildman–Crippen LogP) is 2.56. The molecule has 9 heteroatoms. The van der Waals surface area contributed by atoms with Gasteiger partial charge in [0.15, 0.2) is 5.82 Å². The largest absolute Gasteiger partial charge is 0.385 e. The molecule has 2 fully saturated rings. The first kappa shape index (κ1) is 19.8. The molecule has 2 unspecified atom stereocenters. The van der Waals surface area contributed by atoms with Crippen molar-refractivity contribution in [1.29, 1.82) is 0 Å². The van der Waals surface area contributed by atoms with Crippen LogP contribution in [0.25, 0.3) is 11.4 Å². The molecule has 29 heavy (non-hydrogen) atoms. The van der Waals surface area contributed by atoms with Gasteiger partial charge in [-0.25, -0.2) is 0 Å². The van der Waals surface area contributed by atoms with Gasteiger partial charge in [0, 0.05) is 63.1 Å². The van der Waals surface area contributed by atoms with E-state index in [2.05, 4.69) is 31.5 Å². The van der Waals surface area contributed by atoms with E-state index in [9.17, 15) is 10.1 Å². The van der Waals surface area contributed by atoms with Gasteiger partial charge < -0.3 is 9.64 Å². The molecule has 0 N–H and O–H groups in total. The van der Waals surface area contributed by atoms with Crippen LogP contribution in [0.2, 0.25) is 0 Å². The van der Waals surface area contributed by atoms with Crippen molar-refractivity contribution in [2.45, 2.75) is 44.8 Å². The SMILES string of the molecule is COCCCn1c(-c2cccc([N+](=O)[O-])c2)nnc1N1CC2CCCN2CC1C. The van der Waals surface area contributed by atoms with E-state index < -0.39 is 0 Å². The van der Waals surface area contributed by atoms with Gasteiger partial charge in [-0.05, 0) is 32.7 Å². The first-order valence-electron chi connectivity index (χ1n) is 10.3. The monoisotopic (exact) mass is 400 g/mol. The van der Waals surface area contributed by atoms with Gasteiger partial charge in [0.1, 0.15) is 0 Å². The molecule has 156 valence electrons. The van der Waals surface area contributed by atoms with Crippen LogP contribution in [0, 0.1) is 10.1 Å². The molecule has 0 bridgehead atoms. The van der Waals surface area contributed by atoms with E-state index in [1.807, 2.05) is 6.07 Å². The van der Waals surface area contributed by atoms with Crippen molar-refractivity contribution in [2.24, 2.45) is 0 Å². The number of anilines is 1. The number of rotatable bonds is 7. The maximum Gasteiger partial charge on any atom is 0.270 e. The fourth-order valence-electron chi connectivity index (χ4n) is 4.52. The number of nitro benzene ring substituents is 1. The van der Waals surface area contributed by atoms with Gasteiger partial charge in [0.2, 0.25) is 5.95 Å². The Morgan fingerprint density at radius 1 is 1.31 bits per heavy atom. The minimum absolute atomic E-state index is 0.0587. The van der Waals surface area contributed by atoms with E-state index in [0.29, 0.717) is 36.6 Å². The standard InChI is InChI=1S/C20H28N6O3/c1-15-13-23-9-4-8-18(23)14-25(15)20-22-21-19(24(20)10-5-11-29-2)16-6-3-7-17(12-16)26(27)28/h3,6-7,12,15,18H,4-5,8-11,13-14H2,1-2H3. The molecule has 9 nitrogen and oxygen atoms in total. The second-order valence-corrected chi connectivity index (χ2v) is 7.92. The molecule has 3 heterocycles. The van der Waals surface area contributed by atoms with Crippen LogP contribution in [0.1, 0.15) is 26.2 Å². The molecule has 4 rings (SSSR count). The third kappa shape index (κ3) is 3.97. The molecule has 2 atom stereocenters. The number of nitro groups is 1. The summed E-state index contributed by atoms with van der Waals surface area (Å²) in [5.41, 5.74) is 0.769. The lowest BCUT2D eigenvalue weighted by Crippen LogP contribution is -2.55. The third-order valence-corrected chi connectivity index (χ3v) is 5.97. The zero-order valence-electron chi connectivity index (χ0n) is 17.0. The number of piperazine rings is 1. The van der Waals surface area contributed by atoms with E-state index in [0.717, 1.165) is 25.5 Å². The fourth-order valence-corrected chi connectivity index (χ4v) is 4.52. The van der Waals surface area contributed by atoms with Crippen molar-refractivity contribution < 1.29 is 9.66 Å². The summed E-state index contributed by atoms with van der Waals surface area (Å²) in [7, 11) is 1.69. The number of ether oxygens (including phenoxy) is 1. The minimum Gasteiger partial charge on any atom is -0.385 e. The summed E-state index contributed by atoms with van der Waals surface area (Å²) in [5, 5.41) is 20.2. The van der Waals surface area contributed by atoms with Gasteiger partial charge in [-0.15, -0.1) is 10.2 Å². The molecule has 2 aromatic rings. The smallest absolute Gasteiger partial charge is 0.270 e. The lowest BCUT2D eigenvalue weighted by atomic mass is 10.1. The van der Waals surface area contributed by atoms with Crippen molar-refractivity contribution in [3.63, 3.8) is 0 Å². The van der Waals surface area contributed by atoms with E-state index in [-0.39, 0.29) is 10.6 Å². The molecule has 2 aliphatic heterocycles. The number of fused-ring (bicyclic) bond motifs is 1. The number of non-ortho nitro benzene ring substituents is 1. The molecule has 2 aliphatic rings. The fraction of sp³-hybridized carbons (Fsp3) is 0.600. The average Bonchev–Trinajstić information content (AvgIpc) is 3.34. The third-order valence-electron chi connectivity index (χ3n) is 5.97. The second-order valence-electron chi connectivity index (χ2n) is 7.92. The maximum atomic E-state index is 11.2. The molecular formula is C20H28N6O3. The van der Waals surface area contributed by atoms with Gasteiger partial charge in [-0.3, -0.25) is 19.6 Å². The highest BCUT2D eigenvalue weighted by molar-refractivity contribution is 5.61. The van der Waals surface area contributed by atoms with Crippen LogP contribution in [0.4, 0.5) is 11.6 Å². The Morgan fingerprint density at radius 3 is 2.97 bits per heavy atom. The Kier molecular flexibility index (Phi) is 5.77. The van der Waals surface area contributed by atoms with Crippen LogP contribution in [0.5, 0.6) is 0 Å². The van der Waals surface area contributed by atoms with Crippen molar-refractivity contribution in [3.05, 3.63) is 34.4 Å². The Balaban J connectivity index is 1.69. The van der Waals surface area contributed by atoms with Crippen LogP contribution >= 0.6 is 0 Å². The minimum atomic E-state index is -0.378. The predicted molar refractivity (Wildman–Crippen MR) is 110 cm³/mol. The highest BCUT2D eigenvalue weighted by Crippen LogP contribution is 2.31. The molecule has 0 aliphatic carbocycles. The quantitative estimate of drug-likeness (QED) is 0.401. The van der Waals surface area contributed by atoms with Gasteiger partial charge >= 0.3 is 0 Å². The lowest BCUT2D eigenvalue weighted by Gasteiger charge is -2.42. The molecule has 0 saturated carbocycles. The van der Waals surface area contributed by atoms with Crippen LogP contribution in [-0.2, 0) is 11.3 Å². The summed E-state index contributed by atoms with van der Waals surface area (Å²) in [5.74, 6) is 1.52. The Bertz CT molecular complexity index is 870. The number of hydrogen-bond acceptors (Lipinski definition) is 7. The summed E-state index contributed by atoms with van der Waals surface area (Å²) in [6, 6.07) is 7.52. The van der Waals surface area contributed by atoms with Crippen LogP contribution < -0.4 is 4.90 Å². The molecule has 0 amide bonds. The van der Waals surface area contributed by atoms with E-state index in [1.165, 1.54) is 25.5 Å². The summed E-state index contributed by atoms with van der Waals surface area (Å²) in [6.07, 6.45) is 3.30. The summed E-state index contributed by atoms with van der Waals surface area (Å²) < 4.78 is 7.33. The Morgan fingerprint density at radius 2 is 2.17 bits per heavy atom. The Labute approximate surface area is 170 Å². The Hall–Kier alpha value is -2.52. The summed E-state index contributed by atoms with van der Waals surface area (Å²) >= 11 is 0. The number of hydrogen-bond donors (Lipinski definition) is 0. The summed E-state index contributed by atoms with van der Waals surface area (Å²) in [6.45, 7) is 6.72. The second kappa shape index (κ2) is 8.46. The highest BCUT2D eigenvalue weighted by Gasteiger charge is 2.36. The maximum absolute atomic E-state index is 11.2. The van der Waals surface area contributed by atoms with Crippen LogP contribution in [0.15, 0.2) is 24.3 Å². The van der Waals surface area contributed by atoms with Crippen molar-refractivity contribution in [2.75, 3.05) is 38.3 Å². The highest BCUT2D eigenvalue weighted by atomic mass is 16.6. The molecule has 0 spiro atoms. The summed E-state index contributed by atoms with van der Waals surface area (Å²) in [4.78, 5) is 15.8. The topological polar surface area (TPSA) is 89.6 Å². The van der Waals surface area contributed by atoms with Gasteiger partial charge in [-0.2, -0.15) is 0 Å². The molecular weight excluding hydrogens is 372 g/mol. The van der Waals surface area contributed by atoms with E-state index in [4.69, 9.17) is 4.74 Å². The number of aromatic nitrogens is 3. The zero-order valence-corrected chi connectivity index (χ0v) is 17.0. The van der Waals surface area contributed by atoms with Crippen molar-refractivity contribution in [1.82, 2.24) is 19.7 Å². The molecule has 0 radical (unpaired) electrons. The van der Waals surface area contributed by atoms with Gasteiger partial charge in [0.25, 0.3) is 5.69 Å². The first-order valence-corrected chi connectivity index (χ1v) is 10.3. The number of nitrogens with zero attached hydrogens (tertiary/aromatic N) is 6. The molecule has 1 aromatic heterocycles. The lowest BCUT2D eigenvalue weighted by molar-refractivity contribution is -0.384. The normalized spacial score (nSPS) is 22.1. The first-order chi connectivity index (χ1) is 14.1. The van der Waals surface area contributed by atoms with Crippen LogP contribution in [-0.4, -0.2) is 70.0 Å². The number of methoxy groups -OCH3 is 1. The van der Waals surface area contributed by atoms with Crippen LogP contribution in [0.3, 0.4) is 0 Å². The average molecular weight is 400 g/mol. The number of benzene rings is 1. The van der Waals surface area contributed by atoms with E-state index in [1.54, 1.807) is 19.2 Å². The van der Waals surface area contributed by atoms with Gasteiger partial charge in [-0.1, -0.05) is 12.1 Å². The van der Waals surface area contributed by atoms with Gasteiger partial charge in [0.05, 0.1) is 4.92 Å². The van der Waals surface area contributed by atoms with Crippen molar-refractivity contribution >= 4 is 11.6 Å². The molecule has 1 aromatic carbocycles. The van der Waals surface area contributed by atoms with E-state index >= 15 is 0 Å². The zero-order chi connectivity index (χ0) is 20.4.